The molecular formula is C20H19N3O3. The van der Waals surface area contributed by atoms with Gasteiger partial charge in [0.1, 0.15) is 17.6 Å². The second-order valence-electron chi connectivity index (χ2n) is 5.56. The molecule has 6 nitrogen and oxygen atoms in total. The molecule has 2 N–H and O–H groups in total. The first-order chi connectivity index (χ1) is 12.7. The summed E-state index contributed by atoms with van der Waals surface area (Å²) in [7, 11) is 0. The summed E-state index contributed by atoms with van der Waals surface area (Å²) in [5.41, 5.74) is 6.49. The van der Waals surface area contributed by atoms with E-state index in [1.54, 1.807) is 42.7 Å². The fraction of sp³-hybridized carbons (Fsp3) is 0.150. The molecule has 2 heterocycles. The van der Waals surface area contributed by atoms with Crippen molar-refractivity contribution in [2.75, 3.05) is 0 Å². The van der Waals surface area contributed by atoms with Crippen LogP contribution >= 0.6 is 0 Å². The van der Waals surface area contributed by atoms with E-state index in [2.05, 4.69) is 9.97 Å². The molecule has 1 amide bonds. The highest BCUT2D eigenvalue weighted by molar-refractivity contribution is 5.95. The number of benzene rings is 1. The number of primary amides is 1. The van der Waals surface area contributed by atoms with Gasteiger partial charge < -0.3 is 15.2 Å². The summed E-state index contributed by atoms with van der Waals surface area (Å²) in [5, 5.41) is 0. The van der Waals surface area contributed by atoms with Gasteiger partial charge in [-0.3, -0.25) is 9.78 Å². The van der Waals surface area contributed by atoms with Gasteiger partial charge in [-0.25, -0.2) is 4.98 Å². The minimum Gasteiger partial charge on any atom is -0.483 e. The summed E-state index contributed by atoms with van der Waals surface area (Å²) >= 11 is 0. The molecule has 26 heavy (non-hydrogen) atoms. The highest BCUT2D eigenvalue weighted by Crippen LogP contribution is 2.27. The summed E-state index contributed by atoms with van der Waals surface area (Å²) in [6, 6.07) is 16.0. The van der Waals surface area contributed by atoms with Gasteiger partial charge in [0.25, 0.3) is 5.91 Å². The molecule has 3 aromatic rings. The third-order valence-corrected chi connectivity index (χ3v) is 3.74. The minimum absolute atomic E-state index is 0.306. The van der Waals surface area contributed by atoms with Gasteiger partial charge in [-0.15, -0.1) is 0 Å². The van der Waals surface area contributed by atoms with Crippen LogP contribution in [0.2, 0.25) is 0 Å². The van der Waals surface area contributed by atoms with E-state index in [0.717, 1.165) is 5.69 Å². The predicted octanol–water partition coefficient (Wildman–Crippen LogP) is 3.90. The minimum atomic E-state index is -0.525. The van der Waals surface area contributed by atoms with E-state index in [4.69, 9.17) is 15.2 Å². The molecule has 6 heteroatoms. The lowest BCUT2D eigenvalue weighted by Gasteiger charge is -2.18. The van der Waals surface area contributed by atoms with Crippen molar-refractivity contribution >= 4 is 5.91 Å². The SMILES string of the molecule is CC[C@@H](Oc1ccccc1C(N)=O)c1ccc(Oc2ccccn2)cn1. The van der Waals surface area contributed by atoms with Crippen molar-refractivity contribution in [2.45, 2.75) is 19.4 Å². The fourth-order valence-corrected chi connectivity index (χ4v) is 2.45. The molecule has 0 saturated carbocycles. The molecule has 0 aliphatic rings. The number of nitrogens with two attached hydrogens (primary N) is 1. The van der Waals surface area contributed by atoms with Crippen LogP contribution in [-0.4, -0.2) is 15.9 Å². The van der Waals surface area contributed by atoms with Gasteiger partial charge in [0.15, 0.2) is 0 Å². The molecule has 0 aliphatic heterocycles. The molecule has 1 atom stereocenters. The number of aromatic nitrogens is 2. The average molecular weight is 349 g/mol. The Kier molecular flexibility index (Phi) is 5.43. The molecule has 1 aromatic carbocycles. The number of carbonyl (C=O) groups is 1. The van der Waals surface area contributed by atoms with Gasteiger partial charge in [0.2, 0.25) is 5.88 Å². The van der Waals surface area contributed by atoms with Gasteiger partial charge in [-0.2, -0.15) is 0 Å². The molecule has 0 spiro atoms. The van der Waals surface area contributed by atoms with Gasteiger partial charge >= 0.3 is 0 Å². The summed E-state index contributed by atoms with van der Waals surface area (Å²) in [6.07, 6.45) is 3.66. The molecule has 0 fully saturated rings. The molecule has 132 valence electrons. The van der Waals surface area contributed by atoms with Crippen molar-refractivity contribution < 1.29 is 14.3 Å². The van der Waals surface area contributed by atoms with Gasteiger partial charge in [-0.1, -0.05) is 25.1 Å². The highest BCUT2D eigenvalue weighted by atomic mass is 16.5. The van der Waals surface area contributed by atoms with E-state index < -0.39 is 5.91 Å². The van der Waals surface area contributed by atoms with E-state index in [1.807, 2.05) is 31.2 Å². The van der Waals surface area contributed by atoms with Crippen molar-refractivity contribution in [2.24, 2.45) is 5.73 Å². The van der Waals surface area contributed by atoms with Crippen LogP contribution in [0.1, 0.15) is 35.5 Å². The maximum Gasteiger partial charge on any atom is 0.252 e. The fourth-order valence-electron chi connectivity index (χ4n) is 2.45. The third kappa shape index (κ3) is 4.16. The van der Waals surface area contributed by atoms with Gasteiger partial charge in [-0.05, 0) is 36.8 Å². The number of para-hydroxylation sites is 1. The van der Waals surface area contributed by atoms with Crippen LogP contribution in [0.3, 0.4) is 0 Å². The second kappa shape index (κ2) is 8.11. The van der Waals surface area contributed by atoms with Crippen LogP contribution in [0.5, 0.6) is 17.4 Å². The largest absolute Gasteiger partial charge is 0.483 e. The van der Waals surface area contributed by atoms with E-state index in [1.165, 1.54) is 0 Å². The van der Waals surface area contributed by atoms with Gasteiger partial charge in [0.05, 0.1) is 17.5 Å². The standard InChI is InChI=1S/C20H19N3O3/c1-2-17(26-18-8-4-3-7-15(18)20(21)24)16-11-10-14(13-23-16)25-19-9-5-6-12-22-19/h3-13,17H,2H2,1H3,(H2,21,24)/t17-/m1/s1. The Hall–Kier alpha value is -3.41. The first-order valence-electron chi connectivity index (χ1n) is 8.27. The molecule has 3 rings (SSSR count). The maximum absolute atomic E-state index is 11.6. The Morgan fingerprint density at radius 1 is 1.08 bits per heavy atom. The zero-order valence-electron chi connectivity index (χ0n) is 14.3. The molecule has 0 aliphatic carbocycles. The second-order valence-corrected chi connectivity index (χ2v) is 5.56. The normalized spacial score (nSPS) is 11.6. The number of pyridine rings is 2. The number of hydrogen-bond donors (Lipinski definition) is 1. The molecule has 0 bridgehead atoms. The molecular weight excluding hydrogens is 330 g/mol. The van der Waals surface area contributed by atoms with Crippen molar-refractivity contribution in [3.8, 4) is 17.4 Å². The topological polar surface area (TPSA) is 87.3 Å². The average Bonchev–Trinajstić information content (AvgIpc) is 2.68. The number of nitrogens with zero attached hydrogens (tertiary/aromatic N) is 2. The van der Waals surface area contributed by atoms with Crippen LogP contribution < -0.4 is 15.2 Å². The van der Waals surface area contributed by atoms with Crippen LogP contribution in [0.4, 0.5) is 0 Å². The summed E-state index contributed by atoms with van der Waals surface area (Å²) < 4.78 is 11.6. The zero-order chi connectivity index (χ0) is 18.4. The summed E-state index contributed by atoms with van der Waals surface area (Å²) in [5.74, 6) is 1.01. The molecule has 0 saturated heterocycles. The van der Waals surface area contributed by atoms with Crippen LogP contribution in [0.25, 0.3) is 0 Å². The maximum atomic E-state index is 11.6. The molecule has 2 aromatic heterocycles. The first kappa shape index (κ1) is 17.4. The monoisotopic (exact) mass is 349 g/mol. The lowest BCUT2D eigenvalue weighted by Crippen LogP contribution is -2.15. The Morgan fingerprint density at radius 2 is 1.88 bits per heavy atom. The van der Waals surface area contributed by atoms with Crippen LogP contribution in [0, 0.1) is 0 Å². The number of rotatable bonds is 7. The van der Waals surface area contributed by atoms with E-state index >= 15 is 0 Å². The van der Waals surface area contributed by atoms with Crippen molar-refractivity contribution in [3.63, 3.8) is 0 Å². The third-order valence-electron chi connectivity index (χ3n) is 3.74. The van der Waals surface area contributed by atoms with Crippen LogP contribution in [-0.2, 0) is 0 Å². The van der Waals surface area contributed by atoms with E-state index in [9.17, 15) is 4.79 Å². The van der Waals surface area contributed by atoms with Crippen molar-refractivity contribution in [3.05, 3.63) is 78.2 Å². The Balaban J connectivity index is 1.75. The highest BCUT2D eigenvalue weighted by Gasteiger charge is 2.17. The smallest absolute Gasteiger partial charge is 0.252 e. The zero-order valence-corrected chi connectivity index (χ0v) is 14.3. The molecule has 0 unspecified atom stereocenters. The van der Waals surface area contributed by atoms with E-state index in [0.29, 0.717) is 29.4 Å². The van der Waals surface area contributed by atoms with Crippen molar-refractivity contribution in [1.82, 2.24) is 9.97 Å². The Bertz CT molecular complexity index is 867. The summed E-state index contributed by atoms with van der Waals surface area (Å²) in [6.45, 7) is 1.98. The molecule has 0 radical (unpaired) electrons. The number of amides is 1. The van der Waals surface area contributed by atoms with Crippen LogP contribution in [0.15, 0.2) is 67.0 Å². The number of ether oxygens (including phenoxy) is 2. The summed E-state index contributed by atoms with van der Waals surface area (Å²) in [4.78, 5) is 20.1. The lowest BCUT2D eigenvalue weighted by molar-refractivity contribution is 0.0992. The van der Waals surface area contributed by atoms with Gasteiger partial charge in [0, 0.05) is 12.3 Å². The first-order valence-corrected chi connectivity index (χ1v) is 8.27. The quantitative estimate of drug-likeness (QED) is 0.699. The number of carbonyl (C=O) groups excluding carboxylic acids is 1. The predicted molar refractivity (Wildman–Crippen MR) is 97.2 cm³/mol. The number of hydrogen-bond acceptors (Lipinski definition) is 5. The van der Waals surface area contributed by atoms with Crippen molar-refractivity contribution in [1.29, 1.82) is 0 Å². The Morgan fingerprint density at radius 3 is 2.54 bits per heavy atom. The van der Waals surface area contributed by atoms with E-state index in [-0.39, 0.29) is 6.10 Å². The lowest BCUT2D eigenvalue weighted by atomic mass is 10.1. The Labute approximate surface area is 151 Å².